The van der Waals surface area contributed by atoms with E-state index < -0.39 is 5.60 Å². The van der Waals surface area contributed by atoms with Gasteiger partial charge in [0.2, 0.25) is 11.9 Å². The van der Waals surface area contributed by atoms with E-state index in [0.29, 0.717) is 27.8 Å². The highest BCUT2D eigenvalue weighted by Gasteiger charge is 2.38. The van der Waals surface area contributed by atoms with Crippen LogP contribution in [-0.2, 0) is 15.9 Å². The van der Waals surface area contributed by atoms with Crippen molar-refractivity contribution in [2.45, 2.75) is 50.7 Å². The average molecular weight is 399 g/mol. The first kappa shape index (κ1) is 18.9. The number of aliphatic hydroxyl groups is 1. The van der Waals surface area contributed by atoms with Gasteiger partial charge in [-0.25, -0.2) is 9.97 Å². The fourth-order valence-electron chi connectivity index (χ4n) is 3.82. The standard InChI is InChI=1S/C21H23ClN4O2/c1-20(11-6-12-20)26-18-15(9-10-16(22)24-18)23-19(26)25-17(27)13-21(2,28)14-7-4-3-5-8-14/h3-5,7-10,28H,6,11-13H2,1-2H3,(H,23,25,27)/t21-/m0/s1. The predicted octanol–water partition coefficient (Wildman–Crippen LogP) is 4.22. The van der Waals surface area contributed by atoms with Gasteiger partial charge in [0.25, 0.3) is 0 Å². The second-order valence-electron chi connectivity index (χ2n) is 7.96. The molecule has 0 aliphatic heterocycles. The third-order valence-corrected chi connectivity index (χ3v) is 5.80. The van der Waals surface area contributed by atoms with Crippen LogP contribution in [0.1, 0.15) is 45.1 Å². The number of hydrogen-bond donors (Lipinski definition) is 2. The molecule has 1 aromatic carbocycles. The molecule has 28 heavy (non-hydrogen) atoms. The maximum Gasteiger partial charge on any atom is 0.229 e. The molecule has 2 N–H and O–H groups in total. The van der Waals surface area contributed by atoms with E-state index >= 15 is 0 Å². The summed E-state index contributed by atoms with van der Waals surface area (Å²) in [4.78, 5) is 21.8. The highest BCUT2D eigenvalue weighted by Crippen LogP contribution is 2.42. The number of halogens is 1. The summed E-state index contributed by atoms with van der Waals surface area (Å²) in [5, 5.41) is 14.1. The Labute approximate surface area is 168 Å². The third-order valence-electron chi connectivity index (χ3n) is 5.59. The van der Waals surface area contributed by atoms with Crippen molar-refractivity contribution in [2.75, 3.05) is 5.32 Å². The quantitative estimate of drug-likeness (QED) is 0.630. The van der Waals surface area contributed by atoms with E-state index in [4.69, 9.17) is 11.6 Å². The minimum Gasteiger partial charge on any atom is -0.385 e. The Morgan fingerprint density at radius 2 is 1.96 bits per heavy atom. The van der Waals surface area contributed by atoms with Crippen molar-refractivity contribution in [2.24, 2.45) is 0 Å². The number of fused-ring (bicyclic) bond motifs is 1. The lowest BCUT2D eigenvalue weighted by Gasteiger charge is -2.40. The number of nitrogens with zero attached hydrogens (tertiary/aromatic N) is 3. The molecule has 0 saturated heterocycles. The summed E-state index contributed by atoms with van der Waals surface area (Å²) in [6, 6.07) is 12.7. The van der Waals surface area contributed by atoms with Gasteiger partial charge in [0, 0.05) is 5.54 Å². The number of hydrogen-bond acceptors (Lipinski definition) is 4. The molecule has 0 bridgehead atoms. The predicted molar refractivity (Wildman–Crippen MR) is 109 cm³/mol. The summed E-state index contributed by atoms with van der Waals surface area (Å²) in [6.45, 7) is 3.77. The first-order valence-electron chi connectivity index (χ1n) is 9.42. The lowest BCUT2D eigenvalue weighted by atomic mass is 9.78. The van der Waals surface area contributed by atoms with Crippen LogP contribution in [0, 0.1) is 0 Å². The minimum absolute atomic E-state index is 0.0783. The van der Waals surface area contributed by atoms with Crippen LogP contribution in [0.15, 0.2) is 42.5 Å². The summed E-state index contributed by atoms with van der Waals surface area (Å²) in [6.07, 6.45) is 3.01. The molecule has 6 nitrogen and oxygen atoms in total. The van der Waals surface area contributed by atoms with E-state index in [-0.39, 0.29) is 17.9 Å². The molecule has 3 aromatic rings. The zero-order valence-electron chi connectivity index (χ0n) is 15.9. The van der Waals surface area contributed by atoms with Gasteiger partial charge in [0.05, 0.1) is 12.0 Å². The fraction of sp³-hybridized carbons (Fsp3) is 0.381. The molecule has 4 rings (SSSR count). The monoisotopic (exact) mass is 398 g/mol. The fourth-order valence-corrected chi connectivity index (χ4v) is 3.97. The van der Waals surface area contributed by atoms with Crippen LogP contribution in [0.25, 0.3) is 11.2 Å². The van der Waals surface area contributed by atoms with Gasteiger partial charge in [-0.1, -0.05) is 41.9 Å². The van der Waals surface area contributed by atoms with Crippen molar-refractivity contribution >= 4 is 34.6 Å². The van der Waals surface area contributed by atoms with Crippen molar-refractivity contribution in [1.82, 2.24) is 14.5 Å². The van der Waals surface area contributed by atoms with Gasteiger partial charge < -0.3 is 5.11 Å². The molecule has 2 aromatic heterocycles. The van der Waals surface area contributed by atoms with Crippen LogP contribution < -0.4 is 5.32 Å². The number of benzene rings is 1. The number of carbonyl (C=O) groups is 1. The Bertz CT molecular complexity index is 1030. The molecule has 0 radical (unpaired) electrons. The van der Waals surface area contributed by atoms with Gasteiger partial charge in [-0.2, -0.15) is 0 Å². The van der Waals surface area contributed by atoms with Gasteiger partial charge >= 0.3 is 0 Å². The molecule has 1 amide bonds. The minimum atomic E-state index is -1.27. The zero-order chi connectivity index (χ0) is 19.9. The molecule has 1 aliphatic carbocycles. The maximum atomic E-state index is 12.8. The lowest BCUT2D eigenvalue weighted by molar-refractivity contribution is -0.120. The largest absolute Gasteiger partial charge is 0.385 e. The molecule has 7 heteroatoms. The molecule has 0 unspecified atom stereocenters. The van der Waals surface area contributed by atoms with Gasteiger partial charge in [-0.05, 0) is 50.8 Å². The van der Waals surface area contributed by atoms with Crippen LogP contribution in [-0.4, -0.2) is 25.5 Å². The average Bonchev–Trinajstić information content (AvgIpc) is 2.97. The van der Waals surface area contributed by atoms with Gasteiger partial charge in [0.1, 0.15) is 10.7 Å². The molecule has 146 valence electrons. The van der Waals surface area contributed by atoms with Crippen molar-refractivity contribution in [1.29, 1.82) is 0 Å². The summed E-state index contributed by atoms with van der Waals surface area (Å²) in [5.74, 6) is 0.139. The molecular weight excluding hydrogens is 376 g/mol. The number of imidazole rings is 1. The Kier molecular flexibility index (Phi) is 4.63. The lowest BCUT2D eigenvalue weighted by Crippen LogP contribution is -2.39. The van der Waals surface area contributed by atoms with Crippen LogP contribution >= 0.6 is 11.6 Å². The van der Waals surface area contributed by atoms with E-state index in [1.165, 1.54) is 0 Å². The second kappa shape index (κ2) is 6.87. The summed E-state index contributed by atoms with van der Waals surface area (Å²) >= 11 is 6.10. The van der Waals surface area contributed by atoms with Crippen LogP contribution in [0.3, 0.4) is 0 Å². The van der Waals surface area contributed by atoms with Crippen LogP contribution in [0.4, 0.5) is 5.95 Å². The van der Waals surface area contributed by atoms with E-state index in [9.17, 15) is 9.90 Å². The van der Waals surface area contributed by atoms with Crippen molar-refractivity contribution < 1.29 is 9.90 Å². The van der Waals surface area contributed by atoms with Gasteiger partial charge in [-0.15, -0.1) is 0 Å². The first-order valence-corrected chi connectivity index (χ1v) is 9.80. The molecule has 2 heterocycles. The summed E-state index contributed by atoms with van der Waals surface area (Å²) < 4.78 is 1.98. The van der Waals surface area contributed by atoms with Crippen LogP contribution in [0.2, 0.25) is 5.15 Å². The number of pyridine rings is 1. The number of aromatic nitrogens is 3. The number of nitrogens with one attached hydrogen (secondary N) is 1. The number of anilines is 1. The summed E-state index contributed by atoms with van der Waals surface area (Å²) in [7, 11) is 0. The Balaban J connectivity index is 1.64. The molecule has 1 fully saturated rings. The molecule has 1 aliphatic rings. The Hall–Kier alpha value is -2.44. The highest BCUT2D eigenvalue weighted by molar-refractivity contribution is 6.29. The van der Waals surface area contributed by atoms with Gasteiger partial charge in [-0.3, -0.25) is 14.7 Å². The van der Waals surface area contributed by atoms with E-state index in [0.717, 1.165) is 19.3 Å². The number of carbonyl (C=O) groups excluding carboxylic acids is 1. The smallest absolute Gasteiger partial charge is 0.229 e. The van der Waals surface area contributed by atoms with Crippen molar-refractivity contribution in [3.63, 3.8) is 0 Å². The Morgan fingerprint density at radius 3 is 2.61 bits per heavy atom. The third kappa shape index (κ3) is 3.38. The maximum absolute atomic E-state index is 12.8. The van der Waals surface area contributed by atoms with Crippen LogP contribution in [0.5, 0.6) is 0 Å². The second-order valence-corrected chi connectivity index (χ2v) is 8.35. The normalized spacial score (nSPS) is 17.7. The van der Waals surface area contributed by atoms with E-state index in [1.54, 1.807) is 19.1 Å². The van der Waals surface area contributed by atoms with Gasteiger partial charge in [0.15, 0.2) is 5.65 Å². The number of amides is 1. The SMILES string of the molecule is CC1(n2c(NC(=O)C[C@](C)(O)c3ccccc3)nc3ccc(Cl)nc32)CCC1. The zero-order valence-corrected chi connectivity index (χ0v) is 16.7. The highest BCUT2D eigenvalue weighted by atomic mass is 35.5. The number of rotatable bonds is 5. The van der Waals surface area contributed by atoms with Crippen molar-refractivity contribution in [3.05, 3.63) is 53.2 Å². The van der Waals surface area contributed by atoms with E-state index in [1.807, 2.05) is 34.9 Å². The molecule has 1 atom stereocenters. The molecular formula is C21H23ClN4O2. The molecule has 1 saturated carbocycles. The van der Waals surface area contributed by atoms with Crippen molar-refractivity contribution in [3.8, 4) is 0 Å². The van der Waals surface area contributed by atoms with E-state index in [2.05, 4.69) is 22.2 Å². The topological polar surface area (TPSA) is 80.0 Å². The molecule has 0 spiro atoms. The summed E-state index contributed by atoms with van der Waals surface area (Å²) in [5.41, 5.74) is 0.613. The first-order chi connectivity index (χ1) is 13.3. The Morgan fingerprint density at radius 1 is 1.25 bits per heavy atom.